The van der Waals surface area contributed by atoms with Gasteiger partial charge in [-0.25, -0.2) is 0 Å². The van der Waals surface area contributed by atoms with Gasteiger partial charge in [-0.15, -0.1) is 0 Å². The van der Waals surface area contributed by atoms with Gasteiger partial charge in [0.25, 0.3) is 0 Å². The fourth-order valence-electron chi connectivity index (χ4n) is 2.13. The maximum atomic E-state index is 5.87. The van der Waals surface area contributed by atoms with Crippen molar-refractivity contribution in [3.05, 3.63) is 53.6 Å². The lowest BCUT2D eigenvalue weighted by molar-refractivity contribution is 0.300. The number of halogens is 1. The Balaban J connectivity index is 2.25. The van der Waals surface area contributed by atoms with Crippen molar-refractivity contribution in [2.75, 3.05) is 0 Å². The molecule has 0 bridgehead atoms. The molecular weight excluding hydrogens is 311 g/mol. The molecule has 0 fully saturated rings. The second-order valence-electron chi connectivity index (χ2n) is 3.87. The fraction of sp³-hybridized carbons (Fsp3) is 0.143. The van der Waals surface area contributed by atoms with Crippen LogP contribution in [0.15, 0.2) is 42.5 Å². The predicted octanol–water partition coefficient (Wildman–Crippen LogP) is 4.18. The summed E-state index contributed by atoms with van der Waals surface area (Å²) in [6, 6.07) is 14.9. The molecule has 3 rings (SSSR count). The first-order valence-corrected chi connectivity index (χ1v) is 6.81. The number of hydrogen-bond acceptors (Lipinski definition) is 1. The highest BCUT2D eigenvalue weighted by Gasteiger charge is 2.18. The second-order valence-corrected chi connectivity index (χ2v) is 4.64. The highest BCUT2D eigenvalue weighted by Crippen LogP contribution is 2.40. The van der Waals surface area contributed by atoms with Crippen molar-refractivity contribution in [1.29, 1.82) is 0 Å². The minimum atomic E-state index is 0.691. The lowest BCUT2D eigenvalue weighted by Gasteiger charge is -2.22. The zero-order chi connectivity index (χ0) is 11.0. The van der Waals surface area contributed by atoms with E-state index in [4.69, 9.17) is 4.74 Å². The molecule has 0 aliphatic carbocycles. The van der Waals surface area contributed by atoms with Crippen LogP contribution in [0.4, 0.5) is 0 Å². The molecule has 0 atom stereocenters. The average molecular weight is 322 g/mol. The number of para-hydroxylation sites is 1. The quantitative estimate of drug-likeness (QED) is 0.565. The molecule has 16 heavy (non-hydrogen) atoms. The summed E-state index contributed by atoms with van der Waals surface area (Å²) in [7, 11) is 0. The molecule has 0 saturated heterocycles. The van der Waals surface area contributed by atoms with Crippen molar-refractivity contribution in [2.24, 2.45) is 0 Å². The normalized spacial score (nSPS) is 12.6. The van der Waals surface area contributed by atoms with E-state index in [-0.39, 0.29) is 0 Å². The first-order valence-electron chi connectivity index (χ1n) is 5.29. The predicted molar refractivity (Wildman–Crippen MR) is 73.9 cm³/mol. The van der Waals surface area contributed by atoms with Gasteiger partial charge in [0.1, 0.15) is 12.4 Å². The summed E-state index contributed by atoms with van der Waals surface area (Å²) in [5.41, 5.74) is 5.11. The van der Waals surface area contributed by atoms with Crippen LogP contribution in [0.1, 0.15) is 11.1 Å². The zero-order valence-electron chi connectivity index (χ0n) is 8.74. The molecule has 0 N–H and O–H groups in total. The average Bonchev–Trinajstić information content (AvgIpc) is 2.37. The Bertz CT molecular complexity index is 534. The van der Waals surface area contributed by atoms with Crippen molar-refractivity contribution in [1.82, 2.24) is 0 Å². The summed E-state index contributed by atoms with van der Waals surface area (Å²) < 4.78 is 6.86. The van der Waals surface area contributed by atoms with Gasteiger partial charge in [-0.3, -0.25) is 0 Å². The molecule has 1 aliphatic heterocycles. The third-order valence-electron chi connectivity index (χ3n) is 2.92. The summed E-state index contributed by atoms with van der Waals surface area (Å²) >= 11 is 2.38. The van der Waals surface area contributed by atoms with Crippen molar-refractivity contribution < 1.29 is 4.74 Å². The molecule has 1 nitrogen and oxygen atoms in total. The first-order chi connectivity index (χ1) is 7.90. The van der Waals surface area contributed by atoms with Crippen LogP contribution < -0.4 is 4.74 Å². The van der Waals surface area contributed by atoms with Crippen molar-refractivity contribution in [3.8, 4) is 16.9 Å². The van der Waals surface area contributed by atoms with Crippen molar-refractivity contribution in [3.63, 3.8) is 0 Å². The Morgan fingerprint density at radius 3 is 2.69 bits per heavy atom. The molecule has 0 amide bonds. The Hall–Kier alpha value is -1.03. The molecule has 80 valence electrons. The van der Waals surface area contributed by atoms with Gasteiger partial charge in [-0.05, 0) is 11.1 Å². The van der Waals surface area contributed by atoms with Gasteiger partial charge in [-0.2, -0.15) is 0 Å². The van der Waals surface area contributed by atoms with Crippen molar-refractivity contribution >= 4 is 22.6 Å². The van der Waals surface area contributed by atoms with Gasteiger partial charge in [-0.1, -0.05) is 65.1 Å². The minimum Gasteiger partial charge on any atom is -0.488 e. The van der Waals surface area contributed by atoms with Gasteiger partial charge in [0.15, 0.2) is 0 Å². The number of benzene rings is 2. The Morgan fingerprint density at radius 2 is 1.81 bits per heavy atom. The highest BCUT2D eigenvalue weighted by molar-refractivity contribution is 14.1. The summed E-state index contributed by atoms with van der Waals surface area (Å²) in [5.74, 6) is 1.07. The SMILES string of the molecule is ICc1cccc2c1OCc1ccccc1-2. The van der Waals surface area contributed by atoms with E-state index in [1.807, 2.05) is 0 Å². The van der Waals surface area contributed by atoms with Crippen LogP contribution in [0, 0.1) is 0 Å². The maximum Gasteiger partial charge on any atom is 0.131 e. The summed E-state index contributed by atoms with van der Waals surface area (Å²) in [5, 5.41) is 0. The molecule has 1 aliphatic rings. The summed E-state index contributed by atoms with van der Waals surface area (Å²) in [6.45, 7) is 0.691. The third-order valence-corrected chi connectivity index (χ3v) is 3.74. The number of fused-ring (bicyclic) bond motifs is 3. The Morgan fingerprint density at radius 1 is 1.00 bits per heavy atom. The molecule has 0 saturated carbocycles. The Labute approximate surface area is 109 Å². The van der Waals surface area contributed by atoms with Gasteiger partial charge in [0.2, 0.25) is 0 Å². The minimum absolute atomic E-state index is 0.691. The van der Waals surface area contributed by atoms with Crippen LogP contribution in [0.3, 0.4) is 0 Å². The molecule has 0 spiro atoms. The molecular formula is C14H11IO. The number of alkyl halides is 1. The largest absolute Gasteiger partial charge is 0.488 e. The van der Waals surface area contributed by atoms with E-state index in [0.717, 1.165) is 10.2 Å². The van der Waals surface area contributed by atoms with E-state index >= 15 is 0 Å². The number of hydrogen-bond donors (Lipinski definition) is 0. The lowest BCUT2D eigenvalue weighted by Crippen LogP contribution is -2.06. The van der Waals surface area contributed by atoms with Crippen LogP contribution in [0.2, 0.25) is 0 Å². The van der Waals surface area contributed by atoms with E-state index in [2.05, 4.69) is 65.1 Å². The van der Waals surface area contributed by atoms with Crippen LogP contribution in [0.5, 0.6) is 5.75 Å². The van der Waals surface area contributed by atoms with E-state index < -0.39 is 0 Å². The highest BCUT2D eigenvalue weighted by atomic mass is 127. The number of ether oxygens (including phenoxy) is 1. The van der Waals surface area contributed by atoms with E-state index in [1.165, 1.54) is 22.3 Å². The van der Waals surface area contributed by atoms with E-state index in [0.29, 0.717) is 6.61 Å². The smallest absolute Gasteiger partial charge is 0.131 e. The molecule has 0 radical (unpaired) electrons. The third kappa shape index (κ3) is 1.52. The van der Waals surface area contributed by atoms with E-state index in [1.54, 1.807) is 0 Å². The Kier molecular flexibility index (Phi) is 2.59. The molecule has 2 heteroatoms. The standard InChI is InChI=1S/C14H11IO/c15-8-10-5-3-7-13-12-6-2-1-4-11(12)9-16-14(10)13/h1-7H,8-9H2. The van der Waals surface area contributed by atoms with E-state index in [9.17, 15) is 0 Å². The molecule has 0 unspecified atom stereocenters. The maximum absolute atomic E-state index is 5.87. The van der Waals surface area contributed by atoms with Gasteiger partial charge in [0.05, 0.1) is 0 Å². The van der Waals surface area contributed by atoms with Crippen molar-refractivity contribution in [2.45, 2.75) is 11.0 Å². The summed E-state index contributed by atoms with van der Waals surface area (Å²) in [6.07, 6.45) is 0. The van der Waals surface area contributed by atoms with Crippen LogP contribution in [0.25, 0.3) is 11.1 Å². The second kappa shape index (κ2) is 4.09. The first kappa shape index (κ1) is 10.1. The van der Waals surface area contributed by atoms with Gasteiger partial charge < -0.3 is 4.74 Å². The van der Waals surface area contributed by atoms with Gasteiger partial charge >= 0.3 is 0 Å². The molecule has 1 heterocycles. The topological polar surface area (TPSA) is 9.23 Å². The monoisotopic (exact) mass is 322 g/mol. The van der Waals surface area contributed by atoms with Gasteiger partial charge in [0, 0.05) is 15.6 Å². The fourth-order valence-corrected chi connectivity index (χ4v) is 2.73. The van der Waals surface area contributed by atoms with Crippen LogP contribution in [-0.2, 0) is 11.0 Å². The molecule has 0 aromatic heterocycles. The molecule has 2 aromatic rings. The zero-order valence-corrected chi connectivity index (χ0v) is 10.9. The van der Waals surface area contributed by atoms with Crippen LogP contribution in [-0.4, -0.2) is 0 Å². The molecule has 2 aromatic carbocycles. The van der Waals surface area contributed by atoms with Crippen LogP contribution >= 0.6 is 22.6 Å². The summed E-state index contributed by atoms with van der Waals surface area (Å²) in [4.78, 5) is 0. The lowest BCUT2D eigenvalue weighted by atomic mass is 9.95. The number of rotatable bonds is 1.